The molecule has 0 fully saturated rings. The molecule has 1 N–H and O–H groups in total. The van der Waals surface area contributed by atoms with Crippen LogP contribution >= 0.6 is 0 Å². The van der Waals surface area contributed by atoms with Crippen LogP contribution < -0.4 is 5.32 Å². The SMILES string of the molecule is Cc1ncc(C(=O)NCc2ccccc2C)o1. The molecule has 2 aromatic rings. The van der Waals surface area contributed by atoms with Gasteiger partial charge in [-0.25, -0.2) is 4.98 Å². The molecule has 0 unspecified atom stereocenters. The molecule has 0 spiro atoms. The maximum Gasteiger partial charge on any atom is 0.288 e. The van der Waals surface area contributed by atoms with Crippen molar-refractivity contribution in [2.45, 2.75) is 20.4 Å². The summed E-state index contributed by atoms with van der Waals surface area (Å²) in [5.74, 6) is 0.496. The van der Waals surface area contributed by atoms with Crippen LogP contribution in [0.1, 0.15) is 27.6 Å². The number of nitrogens with zero attached hydrogens (tertiary/aromatic N) is 1. The zero-order valence-corrected chi connectivity index (χ0v) is 9.86. The van der Waals surface area contributed by atoms with Crippen molar-refractivity contribution in [1.29, 1.82) is 0 Å². The normalized spacial score (nSPS) is 10.2. The molecular weight excluding hydrogens is 216 g/mol. The number of hydrogen-bond donors (Lipinski definition) is 1. The topological polar surface area (TPSA) is 55.1 Å². The minimum absolute atomic E-state index is 0.242. The Kier molecular flexibility index (Phi) is 3.23. The van der Waals surface area contributed by atoms with Gasteiger partial charge < -0.3 is 9.73 Å². The summed E-state index contributed by atoms with van der Waals surface area (Å²) >= 11 is 0. The molecule has 0 aliphatic carbocycles. The number of carbonyl (C=O) groups excluding carboxylic acids is 1. The third kappa shape index (κ3) is 2.72. The van der Waals surface area contributed by atoms with Crippen LogP contribution in [0.2, 0.25) is 0 Å². The Morgan fingerprint density at radius 3 is 2.76 bits per heavy atom. The first kappa shape index (κ1) is 11.4. The molecule has 1 aromatic heterocycles. The van der Waals surface area contributed by atoms with Gasteiger partial charge in [-0.05, 0) is 18.1 Å². The minimum atomic E-state index is -0.242. The Labute approximate surface area is 99.7 Å². The zero-order valence-electron chi connectivity index (χ0n) is 9.86. The standard InChI is InChI=1S/C13H14N2O2/c1-9-5-3-4-6-11(9)7-15-13(16)12-8-14-10(2)17-12/h3-6,8H,7H2,1-2H3,(H,15,16). The molecule has 1 amide bonds. The second-order valence-electron chi connectivity index (χ2n) is 3.85. The number of rotatable bonds is 3. The van der Waals surface area contributed by atoms with E-state index in [1.54, 1.807) is 6.92 Å². The Morgan fingerprint density at radius 2 is 2.12 bits per heavy atom. The predicted molar refractivity (Wildman–Crippen MR) is 63.6 cm³/mol. The summed E-state index contributed by atoms with van der Waals surface area (Å²) in [6.45, 7) is 4.21. The molecule has 0 saturated heterocycles. The Morgan fingerprint density at radius 1 is 1.35 bits per heavy atom. The molecule has 0 saturated carbocycles. The van der Waals surface area contributed by atoms with Crippen molar-refractivity contribution in [3.63, 3.8) is 0 Å². The van der Waals surface area contributed by atoms with Crippen molar-refractivity contribution in [3.8, 4) is 0 Å². The lowest BCUT2D eigenvalue weighted by molar-refractivity contribution is 0.0922. The van der Waals surface area contributed by atoms with Crippen LogP contribution in [0.5, 0.6) is 0 Å². The number of benzene rings is 1. The number of hydrogen-bond acceptors (Lipinski definition) is 3. The van der Waals surface area contributed by atoms with Crippen molar-refractivity contribution in [3.05, 3.63) is 53.2 Å². The highest BCUT2D eigenvalue weighted by Crippen LogP contribution is 2.07. The van der Waals surface area contributed by atoms with E-state index in [1.807, 2.05) is 31.2 Å². The van der Waals surface area contributed by atoms with Crippen LogP contribution in [0.4, 0.5) is 0 Å². The van der Waals surface area contributed by atoms with Gasteiger partial charge in [-0.15, -0.1) is 0 Å². The number of aryl methyl sites for hydroxylation is 2. The van der Waals surface area contributed by atoms with Crippen molar-refractivity contribution in [2.75, 3.05) is 0 Å². The second-order valence-corrected chi connectivity index (χ2v) is 3.85. The zero-order chi connectivity index (χ0) is 12.3. The van der Waals surface area contributed by atoms with E-state index in [-0.39, 0.29) is 11.7 Å². The van der Waals surface area contributed by atoms with Crippen LogP contribution in [0.25, 0.3) is 0 Å². The quantitative estimate of drug-likeness (QED) is 0.879. The molecule has 2 rings (SSSR count). The largest absolute Gasteiger partial charge is 0.436 e. The van der Waals surface area contributed by atoms with E-state index in [0.717, 1.165) is 11.1 Å². The van der Waals surface area contributed by atoms with Gasteiger partial charge >= 0.3 is 0 Å². The molecule has 88 valence electrons. The number of amides is 1. The summed E-state index contributed by atoms with van der Waals surface area (Å²) in [4.78, 5) is 15.6. The van der Waals surface area contributed by atoms with Gasteiger partial charge in [0, 0.05) is 13.5 Å². The highest BCUT2D eigenvalue weighted by Gasteiger charge is 2.10. The van der Waals surface area contributed by atoms with E-state index in [2.05, 4.69) is 10.3 Å². The van der Waals surface area contributed by atoms with Gasteiger partial charge in [0.05, 0.1) is 6.20 Å². The summed E-state index contributed by atoms with van der Waals surface area (Å²) in [6, 6.07) is 7.93. The maximum absolute atomic E-state index is 11.7. The van der Waals surface area contributed by atoms with Crippen LogP contribution in [-0.4, -0.2) is 10.9 Å². The fourth-order valence-corrected chi connectivity index (χ4v) is 1.54. The third-order valence-electron chi connectivity index (χ3n) is 2.55. The van der Waals surface area contributed by atoms with Crippen molar-refractivity contribution >= 4 is 5.91 Å². The van der Waals surface area contributed by atoms with Crippen LogP contribution in [-0.2, 0) is 6.54 Å². The van der Waals surface area contributed by atoms with Gasteiger partial charge in [0.25, 0.3) is 5.91 Å². The summed E-state index contributed by atoms with van der Waals surface area (Å²) in [5, 5.41) is 2.80. The van der Waals surface area contributed by atoms with Crippen molar-refractivity contribution < 1.29 is 9.21 Å². The molecule has 0 radical (unpaired) electrons. The number of aromatic nitrogens is 1. The van der Waals surface area contributed by atoms with Gasteiger partial charge in [-0.3, -0.25) is 4.79 Å². The first-order valence-corrected chi connectivity index (χ1v) is 5.42. The predicted octanol–water partition coefficient (Wildman–Crippen LogP) is 2.22. The fraction of sp³-hybridized carbons (Fsp3) is 0.231. The van der Waals surface area contributed by atoms with E-state index in [1.165, 1.54) is 6.20 Å². The van der Waals surface area contributed by atoms with Crippen LogP contribution in [0, 0.1) is 13.8 Å². The molecule has 4 nitrogen and oxygen atoms in total. The Hall–Kier alpha value is -2.10. The first-order chi connectivity index (χ1) is 8.16. The second kappa shape index (κ2) is 4.82. The molecule has 4 heteroatoms. The number of nitrogens with one attached hydrogen (secondary N) is 1. The monoisotopic (exact) mass is 230 g/mol. The average molecular weight is 230 g/mol. The van der Waals surface area contributed by atoms with E-state index in [0.29, 0.717) is 12.4 Å². The molecular formula is C13H14N2O2. The van der Waals surface area contributed by atoms with Crippen LogP contribution in [0.3, 0.4) is 0 Å². The van der Waals surface area contributed by atoms with Gasteiger partial charge in [0.2, 0.25) is 5.76 Å². The average Bonchev–Trinajstić information content (AvgIpc) is 2.74. The molecule has 0 bridgehead atoms. The van der Waals surface area contributed by atoms with E-state index in [4.69, 9.17) is 4.42 Å². The van der Waals surface area contributed by atoms with Gasteiger partial charge in [0.15, 0.2) is 5.89 Å². The number of oxazole rings is 1. The summed E-state index contributed by atoms with van der Waals surface area (Å²) < 4.78 is 5.14. The van der Waals surface area contributed by atoms with Crippen molar-refractivity contribution in [2.24, 2.45) is 0 Å². The molecule has 17 heavy (non-hydrogen) atoms. The summed E-state index contributed by atoms with van der Waals surface area (Å²) in [6.07, 6.45) is 1.43. The molecule has 1 heterocycles. The van der Waals surface area contributed by atoms with E-state index < -0.39 is 0 Å². The van der Waals surface area contributed by atoms with E-state index in [9.17, 15) is 4.79 Å². The molecule has 0 aliphatic rings. The fourth-order valence-electron chi connectivity index (χ4n) is 1.54. The molecule has 1 aromatic carbocycles. The molecule has 0 atom stereocenters. The van der Waals surface area contributed by atoms with Gasteiger partial charge in [-0.2, -0.15) is 0 Å². The van der Waals surface area contributed by atoms with Crippen molar-refractivity contribution in [1.82, 2.24) is 10.3 Å². The smallest absolute Gasteiger partial charge is 0.288 e. The lowest BCUT2D eigenvalue weighted by Gasteiger charge is -2.05. The van der Waals surface area contributed by atoms with Gasteiger partial charge in [0.1, 0.15) is 0 Å². The summed E-state index contributed by atoms with van der Waals surface area (Å²) in [5.41, 5.74) is 2.25. The molecule has 0 aliphatic heterocycles. The van der Waals surface area contributed by atoms with Crippen LogP contribution in [0.15, 0.2) is 34.9 Å². The first-order valence-electron chi connectivity index (χ1n) is 5.42. The lowest BCUT2D eigenvalue weighted by atomic mass is 10.1. The third-order valence-corrected chi connectivity index (χ3v) is 2.55. The Bertz CT molecular complexity index is 532. The summed E-state index contributed by atoms with van der Waals surface area (Å²) in [7, 11) is 0. The highest BCUT2D eigenvalue weighted by molar-refractivity contribution is 5.91. The number of carbonyl (C=O) groups is 1. The van der Waals surface area contributed by atoms with E-state index >= 15 is 0 Å². The highest BCUT2D eigenvalue weighted by atomic mass is 16.4. The Balaban J connectivity index is 1.99. The lowest BCUT2D eigenvalue weighted by Crippen LogP contribution is -2.22. The minimum Gasteiger partial charge on any atom is -0.436 e. The van der Waals surface area contributed by atoms with Gasteiger partial charge in [-0.1, -0.05) is 24.3 Å². The maximum atomic E-state index is 11.7.